The highest BCUT2D eigenvalue weighted by molar-refractivity contribution is 6.24. The molecule has 9 nitrogen and oxygen atoms in total. The molecule has 178 valence electrons. The molecule has 1 saturated carbocycles. The van der Waals surface area contributed by atoms with Crippen molar-refractivity contribution in [3.8, 4) is 17.6 Å². The molecule has 4 rings (SSSR count). The lowest BCUT2D eigenvalue weighted by atomic mass is 9.57. The number of phenols is 1. The predicted octanol–water partition coefficient (Wildman–Crippen LogP) is 0.644. The van der Waals surface area contributed by atoms with Gasteiger partial charge in [-0.3, -0.25) is 19.3 Å². The lowest BCUT2D eigenvalue weighted by Gasteiger charge is -2.50. The average Bonchev–Trinajstić information content (AvgIpc) is 2.74. The number of aromatic hydroxyl groups is 1. The van der Waals surface area contributed by atoms with Crippen LogP contribution >= 0.6 is 0 Å². The summed E-state index contributed by atoms with van der Waals surface area (Å²) in [5.74, 6) is -1.21. The second-order valence-electron chi connectivity index (χ2n) is 9.28. The molecule has 1 aromatic rings. The Bertz CT molecular complexity index is 1290. The molecule has 1 amide bonds. The zero-order valence-electron chi connectivity index (χ0n) is 19.3. The number of Topliss-reactive ketones (excluding diaryl/α,β-unsaturated/α-hetero) is 2. The molecule has 3 aliphatic carbocycles. The summed E-state index contributed by atoms with van der Waals surface area (Å²) in [6.07, 6.45) is 0.316. The van der Waals surface area contributed by atoms with Gasteiger partial charge in [0.25, 0.3) is 5.91 Å². The molecule has 34 heavy (non-hydrogen) atoms. The largest absolute Gasteiger partial charge is 0.508 e. The zero-order valence-corrected chi connectivity index (χ0v) is 19.3. The van der Waals surface area contributed by atoms with Crippen molar-refractivity contribution in [2.24, 2.45) is 17.6 Å². The topological polar surface area (TPSA) is 161 Å². The number of benzene rings is 1. The number of amides is 1. The predicted molar refractivity (Wildman–Crippen MR) is 122 cm³/mol. The normalized spacial score (nSPS) is 28.2. The Kier molecular flexibility index (Phi) is 5.35. The van der Waals surface area contributed by atoms with Crippen molar-refractivity contribution in [2.75, 3.05) is 14.1 Å². The number of hydrogen-bond acceptors (Lipinski definition) is 8. The number of aryl methyl sites for hydroxylation is 1. The fourth-order valence-corrected chi connectivity index (χ4v) is 5.73. The van der Waals surface area contributed by atoms with Crippen LogP contribution in [-0.2, 0) is 20.8 Å². The quantitative estimate of drug-likeness (QED) is 0.313. The molecule has 0 saturated heterocycles. The van der Waals surface area contributed by atoms with Gasteiger partial charge in [0, 0.05) is 11.5 Å². The first-order valence-corrected chi connectivity index (χ1v) is 10.8. The summed E-state index contributed by atoms with van der Waals surface area (Å²) in [7, 11) is 3.12. The summed E-state index contributed by atoms with van der Waals surface area (Å²) in [4.78, 5) is 40.3. The number of hydrogen-bond donors (Lipinski definition) is 5. The first-order valence-electron chi connectivity index (χ1n) is 10.8. The minimum absolute atomic E-state index is 0.0500. The van der Waals surface area contributed by atoms with Gasteiger partial charge in [-0.05, 0) is 63.9 Å². The minimum atomic E-state index is -2.64. The van der Waals surface area contributed by atoms with Gasteiger partial charge >= 0.3 is 0 Å². The van der Waals surface area contributed by atoms with E-state index in [1.54, 1.807) is 34.0 Å². The average molecular weight is 466 g/mol. The third-order valence-electron chi connectivity index (χ3n) is 7.20. The molecule has 1 aromatic carbocycles. The van der Waals surface area contributed by atoms with Gasteiger partial charge in [-0.1, -0.05) is 5.92 Å². The van der Waals surface area contributed by atoms with E-state index in [9.17, 15) is 34.8 Å². The van der Waals surface area contributed by atoms with Crippen LogP contribution in [-0.4, -0.2) is 68.5 Å². The highest BCUT2D eigenvalue weighted by Gasteiger charge is 2.64. The number of ketones is 2. The summed E-state index contributed by atoms with van der Waals surface area (Å²) in [6.45, 7) is 3.40. The van der Waals surface area contributed by atoms with Gasteiger partial charge in [0.15, 0.2) is 11.4 Å². The molecule has 1 fully saturated rings. The number of carbonyl (C=O) groups excluding carboxylic acids is 3. The third kappa shape index (κ3) is 2.92. The number of carbonyl (C=O) groups is 3. The number of rotatable bonds is 2. The summed E-state index contributed by atoms with van der Waals surface area (Å²) in [5.41, 5.74) is 3.37. The molecule has 0 radical (unpaired) electrons. The number of primary amides is 1. The number of nitrogens with two attached hydrogens (primary N) is 1. The van der Waals surface area contributed by atoms with Gasteiger partial charge < -0.3 is 26.2 Å². The monoisotopic (exact) mass is 466 g/mol. The fraction of sp³-hybridized carbons (Fsp3) is 0.400. The Balaban J connectivity index is 2.00. The number of nitrogens with zero attached hydrogens (tertiary/aromatic N) is 1. The minimum Gasteiger partial charge on any atom is -0.508 e. The summed E-state index contributed by atoms with van der Waals surface area (Å²) in [5, 5.41) is 44.4. The fourth-order valence-electron chi connectivity index (χ4n) is 5.73. The highest BCUT2D eigenvalue weighted by Crippen LogP contribution is 2.53. The maximum absolute atomic E-state index is 13.7. The van der Waals surface area contributed by atoms with Crippen LogP contribution in [0.25, 0.3) is 5.76 Å². The molecule has 9 heteroatoms. The maximum Gasteiger partial charge on any atom is 0.255 e. The summed E-state index contributed by atoms with van der Waals surface area (Å²) in [6, 6.07) is 0.596. The van der Waals surface area contributed by atoms with E-state index in [2.05, 4.69) is 11.8 Å². The van der Waals surface area contributed by atoms with Crippen LogP contribution in [0.1, 0.15) is 35.6 Å². The molecular formula is C25H26N2O7. The molecule has 3 aliphatic rings. The van der Waals surface area contributed by atoms with Crippen molar-refractivity contribution < 1.29 is 34.8 Å². The first-order chi connectivity index (χ1) is 15.9. The van der Waals surface area contributed by atoms with Crippen LogP contribution in [0, 0.1) is 30.6 Å². The second kappa shape index (κ2) is 7.72. The van der Waals surface area contributed by atoms with E-state index in [0.29, 0.717) is 5.56 Å². The van der Waals surface area contributed by atoms with E-state index in [4.69, 9.17) is 5.73 Å². The lowest BCUT2D eigenvalue weighted by Crippen LogP contribution is -2.65. The lowest BCUT2D eigenvalue weighted by molar-refractivity contribution is -0.153. The van der Waals surface area contributed by atoms with Crippen molar-refractivity contribution in [1.29, 1.82) is 0 Å². The van der Waals surface area contributed by atoms with Crippen molar-refractivity contribution in [3.63, 3.8) is 0 Å². The van der Waals surface area contributed by atoms with Gasteiger partial charge in [0.1, 0.15) is 22.8 Å². The number of fused-ring (bicyclic) bond motifs is 3. The van der Waals surface area contributed by atoms with Crippen LogP contribution in [0.15, 0.2) is 23.0 Å². The Labute approximate surface area is 196 Å². The van der Waals surface area contributed by atoms with Crippen LogP contribution in [0.5, 0.6) is 5.75 Å². The van der Waals surface area contributed by atoms with Crippen molar-refractivity contribution in [2.45, 2.75) is 38.3 Å². The van der Waals surface area contributed by atoms with Gasteiger partial charge in [-0.25, -0.2) is 0 Å². The maximum atomic E-state index is 13.7. The van der Waals surface area contributed by atoms with Gasteiger partial charge in [0.05, 0.1) is 17.2 Å². The van der Waals surface area contributed by atoms with Crippen molar-refractivity contribution in [1.82, 2.24) is 4.90 Å². The molecule has 4 atom stereocenters. The summed E-state index contributed by atoms with van der Waals surface area (Å²) < 4.78 is 0. The van der Waals surface area contributed by atoms with Gasteiger partial charge in [0.2, 0.25) is 5.78 Å². The smallest absolute Gasteiger partial charge is 0.255 e. The zero-order chi connectivity index (χ0) is 25.3. The third-order valence-corrected chi connectivity index (χ3v) is 7.20. The Morgan fingerprint density at radius 2 is 1.88 bits per heavy atom. The number of likely N-dealkylation sites (N-methyl/N-ethyl adjacent to an activating group) is 1. The molecule has 0 heterocycles. The SMILES string of the molecule is CC#Cc1cc(C)c2c(c1O)C(O)=C1C(=O)[C@@]3(O)C(O)=C(C(N)=O)C(=O)[C@H](N(C)C)[C@H]3C[C@H]1C2. The van der Waals surface area contributed by atoms with Crippen LogP contribution in [0.3, 0.4) is 0 Å². The number of aliphatic hydroxyl groups is 3. The van der Waals surface area contributed by atoms with Crippen LogP contribution in [0.2, 0.25) is 0 Å². The van der Waals surface area contributed by atoms with E-state index in [1.807, 2.05) is 0 Å². The molecule has 0 aromatic heterocycles. The number of phenolic OH excluding ortho intramolecular Hbond substituents is 1. The number of aliphatic hydroxyl groups excluding tert-OH is 2. The standard InChI is InChI=1S/C25H26N2O7/c1-5-6-11-7-10(2)13-8-12-9-14-18(27(3)4)21(30)17(24(26)33)23(32)25(14,34)22(31)15(12)20(29)16(13)19(11)28/h7,12,14,18,28-29,32,34H,8-9H2,1-4H3,(H2,26,33)/t12-,14-,18-,25-/m1/s1. The van der Waals surface area contributed by atoms with E-state index < -0.39 is 58.0 Å². The van der Waals surface area contributed by atoms with Crippen molar-refractivity contribution >= 4 is 23.2 Å². The van der Waals surface area contributed by atoms with Crippen molar-refractivity contribution in [3.05, 3.63) is 45.2 Å². The summed E-state index contributed by atoms with van der Waals surface area (Å²) >= 11 is 0. The molecule has 6 N–H and O–H groups in total. The Hall–Kier alpha value is -3.61. The Morgan fingerprint density at radius 3 is 2.44 bits per heavy atom. The Morgan fingerprint density at radius 1 is 1.24 bits per heavy atom. The highest BCUT2D eigenvalue weighted by atomic mass is 16.3. The van der Waals surface area contributed by atoms with Crippen LogP contribution < -0.4 is 5.73 Å². The molecule has 0 unspecified atom stereocenters. The first kappa shape index (κ1) is 23.5. The molecule has 0 bridgehead atoms. The van der Waals surface area contributed by atoms with E-state index in [1.165, 1.54) is 4.90 Å². The second-order valence-corrected chi connectivity index (χ2v) is 9.28. The van der Waals surface area contributed by atoms with Gasteiger partial charge in [-0.15, -0.1) is 5.92 Å². The van der Waals surface area contributed by atoms with Crippen LogP contribution in [0.4, 0.5) is 0 Å². The van der Waals surface area contributed by atoms with Gasteiger partial charge in [-0.2, -0.15) is 0 Å². The van der Waals surface area contributed by atoms with E-state index in [-0.39, 0.29) is 35.3 Å². The molecule has 0 spiro atoms. The van der Waals surface area contributed by atoms with E-state index in [0.717, 1.165) is 5.56 Å². The molecule has 0 aliphatic heterocycles. The molecular weight excluding hydrogens is 440 g/mol. The van der Waals surface area contributed by atoms with E-state index >= 15 is 0 Å².